The number of rotatable bonds is 4. The van der Waals surface area contributed by atoms with E-state index in [0.29, 0.717) is 11.1 Å². The topological polar surface area (TPSA) is 75.9 Å². The molecule has 0 radical (unpaired) electrons. The van der Waals surface area contributed by atoms with Gasteiger partial charge in [-0.1, -0.05) is 103 Å². The van der Waals surface area contributed by atoms with Crippen molar-refractivity contribution in [3.05, 3.63) is 199 Å². The van der Waals surface area contributed by atoms with Crippen LogP contribution in [-0.4, -0.2) is 15.8 Å². The molecule has 0 N–H and O–H groups in total. The Morgan fingerprint density at radius 3 is 1.17 bits per heavy atom. The van der Waals surface area contributed by atoms with E-state index in [1.807, 2.05) is 42.5 Å². The van der Waals surface area contributed by atoms with Crippen molar-refractivity contribution in [1.82, 2.24) is 9.13 Å². The van der Waals surface area contributed by atoms with Crippen LogP contribution in [0.15, 0.2) is 188 Å². The third-order valence-electron chi connectivity index (χ3n) is 12.9. The summed E-state index contributed by atoms with van der Waals surface area (Å²) in [6.07, 6.45) is 0. The van der Waals surface area contributed by atoms with Crippen LogP contribution in [0.5, 0.6) is 23.0 Å². The normalized spacial score (nSPS) is 12.3. The van der Waals surface area contributed by atoms with E-state index in [-0.39, 0.29) is 6.71 Å². The fourth-order valence-corrected chi connectivity index (χ4v) is 10.2. The van der Waals surface area contributed by atoms with E-state index in [4.69, 9.17) is 9.47 Å². The molecule has 9 aromatic carbocycles. The van der Waals surface area contributed by atoms with Crippen LogP contribution in [0.1, 0.15) is 11.1 Å². The van der Waals surface area contributed by atoms with Crippen LogP contribution in [0.2, 0.25) is 0 Å². The summed E-state index contributed by atoms with van der Waals surface area (Å²) in [5, 5.41) is 24.9. The van der Waals surface area contributed by atoms with Crippen molar-refractivity contribution in [3.8, 4) is 68.8 Å². The maximum absolute atomic E-state index is 10.1. The highest BCUT2D eigenvalue weighted by atomic mass is 16.5. The van der Waals surface area contributed by atoms with Crippen molar-refractivity contribution in [3.63, 3.8) is 0 Å². The molecule has 0 aliphatic carbocycles. The number of nitrogens with zero attached hydrogens (tertiary/aromatic N) is 4. The molecule has 0 bridgehead atoms. The molecule has 2 aromatic heterocycles. The highest BCUT2D eigenvalue weighted by Crippen LogP contribution is 2.42. The van der Waals surface area contributed by atoms with Gasteiger partial charge in [-0.15, -0.1) is 0 Å². The molecule has 2 aliphatic rings. The minimum atomic E-state index is -0.156. The summed E-state index contributed by atoms with van der Waals surface area (Å²) in [6.45, 7) is -0.156. The number of ether oxygens (including phenoxy) is 2. The minimum absolute atomic E-state index is 0.156. The Morgan fingerprint density at radius 1 is 0.381 bits per heavy atom. The first-order valence-electron chi connectivity index (χ1n) is 21.0. The summed E-state index contributed by atoms with van der Waals surface area (Å²) in [5.41, 5.74) is 14.3. The Labute approximate surface area is 362 Å². The van der Waals surface area contributed by atoms with Crippen LogP contribution in [0.3, 0.4) is 0 Å². The van der Waals surface area contributed by atoms with Gasteiger partial charge < -0.3 is 18.6 Å². The Hall–Kier alpha value is -8.78. The quantitative estimate of drug-likeness (QED) is 0.166. The molecule has 0 amide bonds. The fourth-order valence-electron chi connectivity index (χ4n) is 10.2. The first-order chi connectivity index (χ1) is 31.1. The molecule has 0 unspecified atom stereocenters. The zero-order valence-corrected chi connectivity index (χ0v) is 33.6. The number of para-hydroxylation sites is 4. The van der Waals surface area contributed by atoms with Gasteiger partial charge in [-0.05, 0) is 107 Å². The van der Waals surface area contributed by atoms with Crippen LogP contribution in [0.4, 0.5) is 0 Å². The molecule has 290 valence electrons. The molecule has 11 aromatic rings. The molecule has 2 aliphatic heterocycles. The Morgan fingerprint density at radius 2 is 0.778 bits per heavy atom. The molecular formula is C56H31BN4O2. The van der Waals surface area contributed by atoms with Crippen molar-refractivity contribution in [1.29, 1.82) is 10.5 Å². The maximum Gasteiger partial charge on any atom is 0.260 e. The first-order valence-corrected chi connectivity index (χ1v) is 21.0. The highest BCUT2D eigenvalue weighted by Gasteiger charge is 2.40. The van der Waals surface area contributed by atoms with Crippen LogP contribution < -0.4 is 25.9 Å². The third-order valence-corrected chi connectivity index (χ3v) is 12.9. The van der Waals surface area contributed by atoms with Gasteiger partial charge in [-0.3, -0.25) is 0 Å². The van der Waals surface area contributed by atoms with E-state index < -0.39 is 0 Å². The van der Waals surface area contributed by atoms with Crippen molar-refractivity contribution in [2.45, 2.75) is 0 Å². The number of nitriles is 2. The minimum Gasteiger partial charge on any atom is -0.458 e. The molecule has 4 heterocycles. The van der Waals surface area contributed by atoms with Crippen molar-refractivity contribution in [2.24, 2.45) is 0 Å². The molecule has 63 heavy (non-hydrogen) atoms. The standard InChI is InChI=1S/C56H31BN4O2/c58-32-34-20-26-50(60-46-14-5-1-10-38(46)39-11-2-6-15-47(39)60)42(28-34)36-22-24-44-54(30-36)62-52-18-9-19-53-56(52)57(44)45-25-23-37(31-55(45)63-53)43-29-35(33-59)21-27-51(43)61-48-16-7-3-12-40(48)41-13-4-8-17-49(41)61/h1-31H. The molecule has 6 nitrogen and oxygen atoms in total. The first kappa shape index (κ1) is 35.0. The van der Waals surface area contributed by atoms with E-state index in [1.54, 1.807) is 0 Å². The van der Waals surface area contributed by atoms with E-state index in [0.717, 1.165) is 95.1 Å². The Balaban J connectivity index is 0.966. The van der Waals surface area contributed by atoms with Gasteiger partial charge >= 0.3 is 0 Å². The zero-order chi connectivity index (χ0) is 41.8. The lowest BCUT2D eigenvalue weighted by atomic mass is 9.35. The van der Waals surface area contributed by atoms with Crippen molar-refractivity contribution in [2.75, 3.05) is 0 Å². The number of fused-ring (bicyclic) bond motifs is 10. The summed E-state index contributed by atoms with van der Waals surface area (Å²) < 4.78 is 18.2. The van der Waals surface area contributed by atoms with E-state index in [1.165, 1.54) is 21.5 Å². The van der Waals surface area contributed by atoms with Crippen molar-refractivity contribution >= 4 is 66.7 Å². The summed E-state index contributed by atoms with van der Waals surface area (Å²) in [4.78, 5) is 0. The largest absolute Gasteiger partial charge is 0.458 e. The van der Waals surface area contributed by atoms with Crippen LogP contribution in [0.25, 0.3) is 77.2 Å². The monoisotopic (exact) mass is 802 g/mol. The van der Waals surface area contributed by atoms with E-state index in [9.17, 15) is 10.5 Å². The number of aromatic nitrogens is 2. The molecule has 0 spiro atoms. The summed E-state index contributed by atoms with van der Waals surface area (Å²) in [5.74, 6) is 3.01. The van der Waals surface area contributed by atoms with E-state index >= 15 is 0 Å². The summed E-state index contributed by atoms with van der Waals surface area (Å²) in [7, 11) is 0. The molecule has 0 saturated carbocycles. The SMILES string of the molecule is N#Cc1ccc(-n2c3ccccc3c3ccccc32)c(-c2ccc3c(c2)Oc2cccc4c2B3c2ccc(-c3cc(C#N)ccc3-n3c5ccccc5c5ccccc53)cc2O4)c1. The lowest BCUT2D eigenvalue weighted by Gasteiger charge is -2.33. The Bertz CT molecular complexity index is 3510. The molecular weight excluding hydrogens is 771 g/mol. The fraction of sp³-hybridized carbons (Fsp3) is 0. The van der Waals surface area contributed by atoms with Gasteiger partial charge in [-0.25, -0.2) is 0 Å². The molecule has 13 rings (SSSR count). The van der Waals surface area contributed by atoms with Gasteiger partial charge in [0, 0.05) is 38.1 Å². The number of hydrogen-bond donors (Lipinski definition) is 0. The summed E-state index contributed by atoms with van der Waals surface area (Å²) in [6, 6.07) is 69.4. The smallest absolute Gasteiger partial charge is 0.260 e. The summed E-state index contributed by atoms with van der Waals surface area (Å²) >= 11 is 0. The molecule has 0 saturated heterocycles. The molecule has 0 fully saturated rings. The van der Waals surface area contributed by atoms with Gasteiger partial charge in [0.25, 0.3) is 6.71 Å². The second kappa shape index (κ2) is 13.4. The zero-order valence-electron chi connectivity index (χ0n) is 33.6. The average Bonchev–Trinajstić information content (AvgIpc) is 3.86. The van der Waals surface area contributed by atoms with Crippen molar-refractivity contribution < 1.29 is 9.47 Å². The predicted octanol–water partition coefficient (Wildman–Crippen LogP) is 11.7. The van der Waals surface area contributed by atoms with Crippen LogP contribution in [-0.2, 0) is 0 Å². The maximum atomic E-state index is 10.1. The van der Waals surface area contributed by atoms with E-state index in [2.05, 4.69) is 167 Å². The third kappa shape index (κ3) is 5.12. The highest BCUT2D eigenvalue weighted by molar-refractivity contribution is 6.98. The lowest BCUT2D eigenvalue weighted by molar-refractivity contribution is 0.464. The lowest BCUT2D eigenvalue weighted by Crippen LogP contribution is -2.57. The molecule has 0 atom stereocenters. The number of benzene rings is 9. The average molecular weight is 803 g/mol. The second-order valence-electron chi connectivity index (χ2n) is 16.2. The number of hydrogen-bond acceptors (Lipinski definition) is 4. The predicted molar refractivity (Wildman–Crippen MR) is 253 cm³/mol. The molecule has 7 heteroatoms. The van der Waals surface area contributed by atoms with Gasteiger partial charge in [0.05, 0.1) is 56.7 Å². The van der Waals surface area contributed by atoms with Gasteiger partial charge in [-0.2, -0.15) is 10.5 Å². The van der Waals surface area contributed by atoms with Gasteiger partial charge in [0.15, 0.2) is 0 Å². The van der Waals surface area contributed by atoms with Crippen LogP contribution >= 0.6 is 0 Å². The van der Waals surface area contributed by atoms with Gasteiger partial charge in [0.1, 0.15) is 23.0 Å². The second-order valence-corrected chi connectivity index (χ2v) is 16.2. The Kier molecular flexibility index (Phi) is 7.43. The van der Waals surface area contributed by atoms with Gasteiger partial charge in [0.2, 0.25) is 0 Å². The van der Waals surface area contributed by atoms with Crippen LogP contribution in [0, 0.1) is 22.7 Å².